The predicted molar refractivity (Wildman–Crippen MR) is 133 cm³/mol. The molecule has 166 valence electrons. The largest absolute Gasteiger partial charge is 0.468 e. The number of H-pyrrole nitrogens is 1. The summed E-state index contributed by atoms with van der Waals surface area (Å²) in [4.78, 5) is 31.0. The van der Waals surface area contributed by atoms with Gasteiger partial charge in [-0.25, -0.2) is 0 Å². The minimum Gasteiger partial charge on any atom is -0.468 e. The number of carbonyl (C=O) groups is 2. The van der Waals surface area contributed by atoms with E-state index in [1.54, 1.807) is 4.90 Å². The van der Waals surface area contributed by atoms with Gasteiger partial charge in [-0.3, -0.25) is 9.59 Å². The van der Waals surface area contributed by atoms with Crippen molar-refractivity contribution in [2.45, 2.75) is 6.04 Å². The summed E-state index contributed by atoms with van der Waals surface area (Å²) in [5.41, 5.74) is 5.44. The number of nitrogens with one attached hydrogen (secondary N) is 1. The van der Waals surface area contributed by atoms with Gasteiger partial charge in [0, 0.05) is 22.0 Å². The molecule has 1 aliphatic heterocycles. The summed E-state index contributed by atoms with van der Waals surface area (Å²) in [6, 6.07) is 29.9. The fraction of sp³-hybridized carbons (Fsp3) is 0.103. The summed E-state index contributed by atoms with van der Waals surface area (Å²) in [6.45, 7) is -0.120. The number of hydrogen-bond donors (Lipinski definition) is 1. The van der Waals surface area contributed by atoms with Crippen molar-refractivity contribution in [1.82, 2.24) is 9.88 Å². The molecule has 5 heteroatoms. The fourth-order valence-electron chi connectivity index (χ4n) is 5.07. The van der Waals surface area contributed by atoms with Gasteiger partial charge in [-0.2, -0.15) is 0 Å². The minimum absolute atomic E-state index is 0.120. The second kappa shape index (κ2) is 7.89. The van der Waals surface area contributed by atoms with E-state index in [1.165, 1.54) is 7.11 Å². The molecule has 0 spiro atoms. The number of aromatic amines is 1. The summed E-state index contributed by atoms with van der Waals surface area (Å²) in [6.07, 6.45) is 0. The van der Waals surface area contributed by atoms with E-state index in [9.17, 15) is 9.59 Å². The molecule has 5 aromatic rings. The van der Waals surface area contributed by atoms with E-state index < -0.39 is 12.0 Å². The highest BCUT2D eigenvalue weighted by Crippen LogP contribution is 2.45. The average molecular weight is 447 g/mol. The Bertz CT molecular complexity index is 1580. The first-order valence-electron chi connectivity index (χ1n) is 11.2. The van der Waals surface area contributed by atoms with Gasteiger partial charge in [-0.1, -0.05) is 72.8 Å². The van der Waals surface area contributed by atoms with Crippen LogP contribution in [0.4, 0.5) is 0 Å². The first-order chi connectivity index (χ1) is 16.7. The van der Waals surface area contributed by atoms with Gasteiger partial charge in [0.1, 0.15) is 6.54 Å². The van der Waals surface area contributed by atoms with Gasteiger partial charge in [-0.05, 0) is 40.1 Å². The first-order valence-corrected chi connectivity index (χ1v) is 11.2. The van der Waals surface area contributed by atoms with Crippen molar-refractivity contribution in [2.24, 2.45) is 0 Å². The molecular formula is C29H22N2O3. The van der Waals surface area contributed by atoms with Crippen molar-refractivity contribution in [1.29, 1.82) is 0 Å². The summed E-state index contributed by atoms with van der Waals surface area (Å²) < 4.78 is 4.93. The van der Waals surface area contributed by atoms with Crippen LogP contribution in [0.3, 0.4) is 0 Å². The molecule has 0 saturated carbocycles. The Hall–Kier alpha value is -4.38. The van der Waals surface area contributed by atoms with Gasteiger partial charge < -0.3 is 14.6 Å². The summed E-state index contributed by atoms with van der Waals surface area (Å²) in [7, 11) is 1.34. The maximum atomic E-state index is 13.4. The number of rotatable bonds is 4. The van der Waals surface area contributed by atoms with E-state index in [0.717, 1.165) is 44.1 Å². The summed E-state index contributed by atoms with van der Waals surface area (Å²) in [5.74, 6) is -0.612. The molecule has 1 amide bonds. The number of nitrogens with zero attached hydrogens (tertiary/aromatic N) is 1. The number of benzene rings is 4. The van der Waals surface area contributed by atoms with Crippen LogP contribution in [0.5, 0.6) is 0 Å². The SMILES string of the molecule is COC(=O)CN1C(=O)c2ccccc2C1c1c(-c2ccc3ccccc3c2)[nH]c2ccccc12. The second-order valence-electron chi connectivity index (χ2n) is 8.52. The van der Waals surface area contributed by atoms with Crippen molar-refractivity contribution in [3.05, 3.63) is 108 Å². The Morgan fingerprint density at radius 1 is 0.912 bits per heavy atom. The Labute approximate surface area is 196 Å². The van der Waals surface area contributed by atoms with Gasteiger partial charge in [0.15, 0.2) is 0 Å². The van der Waals surface area contributed by atoms with Crippen LogP contribution in [-0.4, -0.2) is 35.4 Å². The number of esters is 1. The quantitative estimate of drug-likeness (QED) is 0.360. The molecule has 1 N–H and O–H groups in total. The Balaban J connectivity index is 1.62. The van der Waals surface area contributed by atoms with Crippen molar-refractivity contribution >= 4 is 33.6 Å². The van der Waals surface area contributed by atoms with Crippen molar-refractivity contribution in [3.8, 4) is 11.3 Å². The maximum Gasteiger partial charge on any atom is 0.325 e. The number of carbonyl (C=O) groups excluding carboxylic acids is 2. The Morgan fingerprint density at radius 3 is 2.50 bits per heavy atom. The first kappa shape index (κ1) is 20.2. The van der Waals surface area contributed by atoms with Gasteiger partial charge in [0.05, 0.1) is 18.8 Å². The highest BCUT2D eigenvalue weighted by Gasteiger charge is 2.41. The van der Waals surface area contributed by atoms with Crippen LogP contribution in [0.2, 0.25) is 0 Å². The average Bonchev–Trinajstić information content (AvgIpc) is 3.39. The van der Waals surface area contributed by atoms with E-state index in [4.69, 9.17) is 4.74 Å². The lowest BCUT2D eigenvalue weighted by molar-refractivity contribution is -0.141. The number of aromatic nitrogens is 1. The van der Waals surface area contributed by atoms with Crippen LogP contribution in [0.1, 0.15) is 27.5 Å². The molecular weight excluding hydrogens is 424 g/mol. The van der Waals surface area contributed by atoms with E-state index in [-0.39, 0.29) is 12.5 Å². The van der Waals surface area contributed by atoms with Crippen molar-refractivity contribution < 1.29 is 14.3 Å². The maximum absolute atomic E-state index is 13.4. The molecule has 1 aliphatic rings. The van der Waals surface area contributed by atoms with Crippen LogP contribution >= 0.6 is 0 Å². The van der Waals surface area contributed by atoms with Crippen LogP contribution < -0.4 is 0 Å². The molecule has 1 atom stereocenters. The standard InChI is InChI=1S/C29H22N2O3/c1-34-25(32)17-31-28(21-10-4-5-11-22(21)29(31)33)26-23-12-6-7-13-24(23)30-27(26)20-15-14-18-8-2-3-9-19(18)16-20/h2-16,28,30H,17H2,1H3. The lowest BCUT2D eigenvalue weighted by Crippen LogP contribution is -2.34. The fourth-order valence-corrected chi connectivity index (χ4v) is 5.07. The van der Waals surface area contributed by atoms with Gasteiger partial charge in [0.25, 0.3) is 5.91 Å². The number of amides is 1. The van der Waals surface area contributed by atoms with E-state index in [1.807, 2.05) is 54.6 Å². The zero-order valence-corrected chi connectivity index (χ0v) is 18.6. The number of fused-ring (bicyclic) bond motifs is 3. The second-order valence-corrected chi connectivity index (χ2v) is 8.52. The van der Waals surface area contributed by atoms with Gasteiger partial charge in [-0.15, -0.1) is 0 Å². The van der Waals surface area contributed by atoms with E-state index >= 15 is 0 Å². The molecule has 34 heavy (non-hydrogen) atoms. The van der Waals surface area contributed by atoms with Gasteiger partial charge in [0.2, 0.25) is 0 Å². The van der Waals surface area contributed by atoms with E-state index in [2.05, 4.69) is 41.4 Å². The van der Waals surface area contributed by atoms with Crippen molar-refractivity contribution in [2.75, 3.05) is 13.7 Å². The summed E-state index contributed by atoms with van der Waals surface area (Å²) in [5, 5.41) is 3.33. The zero-order valence-electron chi connectivity index (χ0n) is 18.6. The molecule has 0 bridgehead atoms. The molecule has 1 aromatic heterocycles. The van der Waals surface area contributed by atoms with Crippen LogP contribution in [0.25, 0.3) is 32.9 Å². The number of hydrogen-bond acceptors (Lipinski definition) is 3. The molecule has 5 nitrogen and oxygen atoms in total. The third-order valence-electron chi connectivity index (χ3n) is 6.64. The third-order valence-corrected chi connectivity index (χ3v) is 6.64. The van der Waals surface area contributed by atoms with E-state index in [0.29, 0.717) is 5.56 Å². The lowest BCUT2D eigenvalue weighted by Gasteiger charge is -2.25. The van der Waals surface area contributed by atoms with Crippen molar-refractivity contribution in [3.63, 3.8) is 0 Å². The Kier molecular flexibility index (Phi) is 4.69. The minimum atomic E-state index is -0.446. The summed E-state index contributed by atoms with van der Waals surface area (Å²) >= 11 is 0. The Morgan fingerprint density at radius 2 is 1.65 bits per heavy atom. The third kappa shape index (κ3) is 3.09. The molecule has 1 unspecified atom stereocenters. The van der Waals surface area contributed by atoms with Gasteiger partial charge >= 0.3 is 5.97 Å². The molecule has 0 aliphatic carbocycles. The highest BCUT2D eigenvalue weighted by molar-refractivity contribution is 6.03. The smallest absolute Gasteiger partial charge is 0.325 e. The molecule has 2 heterocycles. The highest BCUT2D eigenvalue weighted by atomic mass is 16.5. The molecule has 4 aromatic carbocycles. The van der Waals surface area contributed by atoms with Crippen LogP contribution in [-0.2, 0) is 9.53 Å². The monoisotopic (exact) mass is 446 g/mol. The number of ether oxygens (including phenoxy) is 1. The normalized spacial score (nSPS) is 15.1. The number of para-hydroxylation sites is 1. The number of methoxy groups -OCH3 is 1. The molecule has 0 radical (unpaired) electrons. The molecule has 6 rings (SSSR count). The lowest BCUT2D eigenvalue weighted by atomic mass is 9.92. The van der Waals surface area contributed by atoms with Crippen LogP contribution in [0, 0.1) is 0 Å². The topological polar surface area (TPSA) is 62.4 Å². The van der Waals surface area contributed by atoms with Crippen LogP contribution in [0.15, 0.2) is 91.0 Å². The predicted octanol–water partition coefficient (Wildman–Crippen LogP) is 5.71. The molecule has 0 fully saturated rings. The molecule has 0 saturated heterocycles. The zero-order chi connectivity index (χ0) is 23.2.